The number of anilines is 1. The van der Waals surface area contributed by atoms with Crippen LogP contribution in [0.1, 0.15) is 0 Å². The van der Waals surface area contributed by atoms with Gasteiger partial charge in [-0.1, -0.05) is 11.6 Å². The molecule has 3 rings (SSSR count). The lowest BCUT2D eigenvalue weighted by atomic mass is 10.3. The van der Waals surface area contributed by atoms with Crippen LogP contribution < -0.4 is 5.73 Å². The van der Waals surface area contributed by atoms with Crippen molar-refractivity contribution in [3.8, 4) is 10.7 Å². The van der Waals surface area contributed by atoms with Crippen molar-refractivity contribution in [1.29, 1.82) is 0 Å². The third kappa shape index (κ3) is 1.83. The van der Waals surface area contributed by atoms with E-state index in [4.69, 9.17) is 17.3 Å². The van der Waals surface area contributed by atoms with Crippen LogP contribution in [-0.2, 0) is 0 Å². The average molecular weight is 263 g/mol. The van der Waals surface area contributed by atoms with Crippen LogP contribution in [0, 0.1) is 0 Å². The van der Waals surface area contributed by atoms with Crippen molar-refractivity contribution in [2.75, 3.05) is 5.73 Å². The Labute approximate surface area is 106 Å². The van der Waals surface area contributed by atoms with Gasteiger partial charge in [-0.3, -0.25) is 0 Å². The Morgan fingerprint density at radius 2 is 2.00 bits per heavy atom. The Bertz CT molecular complexity index is 695. The van der Waals surface area contributed by atoms with E-state index in [-0.39, 0.29) is 0 Å². The Hall–Kier alpha value is -1.72. The predicted molar refractivity (Wildman–Crippen MR) is 70.1 cm³/mol. The number of aromatic nitrogens is 3. The molecule has 0 aliphatic rings. The van der Waals surface area contributed by atoms with E-state index in [1.54, 1.807) is 12.4 Å². The van der Waals surface area contributed by atoms with Gasteiger partial charge in [0, 0.05) is 17.4 Å². The number of hydrogen-bond acceptors (Lipinski definition) is 5. The molecule has 6 heteroatoms. The fourth-order valence-electron chi connectivity index (χ4n) is 1.51. The van der Waals surface area contributed by atoms with Gasteiger partial charge >= 0.3 is 0 Å². The number of nitrogens with zero attached hydrogens (tertiary/aromatic N) is 3. The van der Waals surface area contributed by atoms with E-state index in [9.17, 15) is 0 Å². The maximum absolute atomic E-state index is 5.93. The molecule has 0 unspecified atom stereocenters. The van der Waals surface area contributed by atoms with Gasteiger partial charge in [0.25, 0.3) is 0 Å². The lowest BCUT2D eigenvalue weighted by molar-refractivity contribution is 1.21. The molecule has 0 saturated heterocycles. The molecule has 0 bridgehead atoms. The summed E-state index contributed by atoms with van der Waals surface area (Å²) >= 11 is 7.43. The Kier molecular flexibility index (Phi) is 2.42. The topological polar surface area (TPSA) is 64.7 Å². The van der Waals surface area contributed by atoms with Gasteiger partial charge in [0.05, 0.1) is 10.2 Å². The van der Waals surface area contributed by atoms with E-state index in [0.717, 1.165) is 15.2 Å². The van der Waals surface area contributed by atoms with Crippen LogP contribution >= 0.6 is 22.9 Å². The monoisotopic (exact) mass is 262 g/mol. The van der Waals surface area contributed by atoms with Gasteiger partial charge in [-0.25, -0.2) is 15.0 Å². The zero-order valence-corrected chi connectivity index (χ0v) is 10.2. The SMILES string of the molecule is Nc1nccnc1-c1nc2ccc(Cl)cc2s1. The first-order chi connectivity index (χ1) is 8.24. The summed E-state index contributed by atoms with van der Waals surface area (Å²) in [5, 5.41) is 1.45. The van der Waals surface area contributed by atoms with Crippen LogP contribution in [0.25, 0.3) is 20.9 Å². The minimum absolute atomic E-state index is 0.387. The van der Waals surface area contributed by atoms with Crippen molar-refractivity contribution in [1.82, 2.24) is 15.0 Å². The van der Waals surface area contributed by atoms with E-state index in [1.807, 2.05) is 18.2 Å². The minimum atomic E-state index is 0.387. The van der Waals surface area contributed by atoms with Crippen LogP contribution in [0.2, 0.25) is 5.02 Å². The van der Waals surface area contributed by atoms with Gasteiger partial charge in [-0.05, 0) is 18.2 Å². The number of fused-ring (bicyclic) bond motifs is 1. The largest absolute Gasteiger partial charge is 0.382 e. The molecule has 0 aliphatic heterocycles. The highest BCUT2D eigenvalue weighted by Crippen LogP contribution is 2.32. The summed E-state index contributed by atoms with van der Waals surface area (Å²) in [5.41, 5.74) is 7.28. The lowest BCUT2D eigenvalue weighted by Gasteiger charge is -1.97. The first-order valence-electron chi connectivity index (χ1n) is 4.87. The molecule has 0 aliphatic carbocycles. The summed E-state index contributed by atoms with van der Waals surface area (Å²) in [6.07, 6.45) is 3.16. The molecule has 17 heavy (non-hydrogen) atoms. The second-order valence-corrected chi connectivity index (χ2v) is 4.89. The number of nitrogens with two attached hydrogens (primary N) is 1. The quantitative estimate of drug-likeness (QED) is 0.732. The molecule has 0 fully saturated rings. The molecule has 0 spiro atoms. The maximum atomic E-state index is 5.93. The third-order valence-electron chi connectivity index (χ3n) is 2.28. The van der Waals surface area contributed by atoms with Crippen LogP contribution in [0.5, 0.6) is 0 Å². The van der Waals surface area contributed by atoms with E-state index in [1.165, 1.54) is 11.3 Å². The van der Waals surface area contributed by atoms with E-state index < -0.39 is 0 Å². The molecule has 2 aromatic heterocycles. The summed E-state index contributed by atoms with van der Waals surface area (Å²) < 4.78 is 1.01. The molecule has 2 N–H and O–H groups in total. The molecule has 0 radical (unpaired) electrons. The third-order valence-corrected chi connectivity index (χ3v) is 3.54. The summed E-state index contributed by atoms with van der Waals surface area (Å²) in [6, 6.07) is 5.57. The highest BCUT2D eigenvalue weighted by Gasteiger charge is 2.11. The average Bonchev–Trinajstić information content (AvgIpc) is 2.72. The molecular weight excluding hydrogens is 256 g/mol. The highest BCUT2D eigenvalue weighted by atomic mass is 35.5. The maximum Gasteiger partial charge on any atom is 0.152 e. The van der Waals surface area contributed by atoms with Crippen LogP contribution in [0.15, 0.2) is 30.6 Å². The number of rotatable bonds is 1. The zero-order chi connectivity index (χ0) is 11.8. The number of thiazole rings is 1. The lowest BCUT2D eigenvalue weighted by Crippen LogP contribution is -1.95. The van der Waals surface area contributed by atoms with Crippen molar-refractivity contribution in [2.45, 2.75) is 0 Å². The molecule has 0 amide bonds. The summed E-state index contributed by atoms with van der Waals surface area (Å²) in [5.74, 6) is 0.387. The molecule has 0 saturated carbocycles. The first-order valence-corrected chi connectivity index (χ1v) is 6.06. The molecule has 0 atom stereocenters. The Morgan fingerprint density at radius 3 is 2.82 bits per heavy atom. The first kappa shape index (κ1) is 10.4. The summed E-state index contributed by atoms with van der Waals surface area (Å²) in [7, 11) is 0. The molecule has 1 aromatic carbocycles. The van der Waals surface area contributed by atoms with Crippen molar-refractivity contribution in [3.05, 3.63) is 35.6 Å². The van der Waals surface area contributed by atoms with Gasteiger partial charge in [-0.15, -0.1) is 11.3 Å². The predicted octanol–water partition coefficient (Wildman–Crippen LogP) is 2.99. The van der Waals surface area contributed by atoms with E-state index >= 15 is 0 Å². The summed E-state index contributed by atoms with van der Waals surface area (Å²) in [4.78, 5) is 12.7. The van der Waals surface area contributed by atoms with Gasteiger partial charge in [0.1, 0.15) is 10.7 Å². The second kappa shape index (κ2) is 3.94. The highest BCUT2D eigenvalue weighted by molar-refractivity contribution is 7.21. The smallest absolute Gasteiger partial charge is 0.152 e. The van der Waals surface area contributed by atoms with Gasteiger partial charge in [0.15, 0.2) is 5.82 Å². The minimum Gasteiger partial charge on any atom is -0.382 e. The van der Waals surface area contributed by atoms with Crippen molar-refractivity contribution < 1.29 is 0 Å². The van der Waals surface area contributed by atoms with Crippen molar-refractivity contribution in [2.24, 2.45) is 0 Å². The molecule has 3 aromatic rings. The van der Waals surface area contributed by atoms with E-state index in [0.29, 0.717) is 16.5 Å². The second-order valence-electron chi connectivity index (χ2n) is 3.42. The fourth-order valence-corrected chi connectivity index (χ4v) is 2.76. The molecule has 2 heterocycles. The number of benzene rings is 1. The van der Waals surface area contributed by atoms with Crippen LogP contribution in [-0.4, -0.2) is 15.0 Å². The fraction of sp³-hybridized carbons (Fsp3) is 0. The Morgan fingerprint density at radius 1 is 1.18 bits per heavy atom. The number of nitrogen functional groups attached to an aromatic ring is 1. The van der Waals surface area contributed by atoms with Gasteiger partial charge < -0.3 is 5.73 Å². The molecule has 84 valence electrons. The standard InChI is InChI=1S/C11H7ClN4S/c12-6-1-2-7-8(5-6)17-11(16-7)9-10(13)15-4-3-14-9/h1-5H,(H2,13,15). The molecule has 4 nitrogen and oxygen atoms in total. The Balaban J connectivity index is 2.22. The van der Waals surface area contributed by atoms with Gasteiger partial charge in [-0.2, -0.15) is 0 Å². The normalized spacial score (nSPS) is 10.9. The van der Waals surface area contributed by atoms with Crippen molar-refractivity contribution >= 4 is 39.0 Å². The van der Waals surface area contributed by atoms with Crippen LogP contribution in [0.3, 0.4) is 0 Å². The van der Waals surface area contributed by atoms with Crippen molar-refractivity contribution in [3.63, 3.8) is 0 Å². The summed E-state index contributed by atoms with van der Waals surface area (Å²) in [6.45, 7) is 0. The zero-order valence-electron chi connectivity index (χ0n) is 8.59. The number of halogens is 1. The van der Waals surface area contributed by atoms with Gasteiger partial charge in [0.2, 0.25) is 0 Å². The molecular formula is C11H7ClN4S. The van der Waals surface area contributed by atoms with Crippen LogP contribution in [0.4, 0.5) is 5.82 Å². The number of hydrogen-bond donors (Lipinski definition) is 1. The van der Waals surface area contributed by atoms with E-state index in [2.05, 4.69) is 15.0 Å².